The van der Waals surface area contributed by atoms with Crippen LogP contribution in [0, 0.1) is 6.92 Å². The number of carbonyl (C=O) groups is 1. The summed E-state index contributed by atoms with van der Waals surface area (Å²) in [5.41, 5.74) is 4.24. The standard InChI is InChI=1S/C31H27NO3S/c1-18-6-4-9-21(14-18)25-17-31(30(34)35)28(25)36-29-27(20-12-13-20)23(16-26(33)32(29)31)15-22-10-5-8-19-7-2-3-11-24(19)22/h2-11,14,16,20,25,28H,12-13,15,17H2,1H3,(H,34,35)/p-1/t25-,28?,31?/m0/s1. The summed E-state index contributed by atoms with van der Waals surface area (Å²) in [4.78, 5) is 26.3. The second-order valence-corrected chi connectivity index (χ2v) is 11.8. The van der Waals surface area contributed by atoms with Crippen molar-refractivity contribution in [3.8, 4) is 0 Å². The Hall–Kier alpha value is -3.31. The smallest absolute Gasteiger partial charge is 0.252 e. The van der Waals surface area contributed by atoms with Crippen LogP contribution in [0.3, 0.4) is 0 Å². The molecule has 7 rings (SSSR count). The minimum absolute atomic E-state index is 0.0840. The lowest BCUT2D eigenvalue weighted by molar-refractivity contribution is -0.321. The topological polar surface area (TPSA) is 62.1 Å². The number of rotatable bonds is 5. The molecular formula is C31H26NO3S-. The first-order chi connectivity index (χ1) is 17.5. The summed E-state index contributed by atoms with van der Waals surface area (Å²) in [6.07, 6.45) is 3.23. The average molecular weight is 493 g/mol. The van der Waals surface area contributed by atoms with E-state index in [0.717, 1.165) is 34.6 Å². The van der Waals surface area contributed by atoms with E-state index in [9.17, 15) is 14.7 Å². The SMILES string of the molecule is Cc1cccc([C@@H]2CC3(C(=O)[O-])C2Sc2c(C4CC4)c(Cc4cccc5ccccc45)cc(=O)n23)c1. The van der Waals surface area contributed by atoms with Gasteiger partial charge in [0, 0.05) is 17.2 Å². The van der Waals surface area contributed by atoms with E-state index in [1.54, 1.807) is 22.4 Å². The van der Waals surface area contributed by atoms with Gasteiger partial charge in [-0.3, -0.25) is 9.36 Å². The van der Waals surface area contributed by atoms with Gasteiger partial charge in [-0.2, -0.15) is 0 Å². The zero-order valence-electron chi connectivity index (χ0n) is 20.1. The minimum atomic E-state index is -1.27. The monoisotopic (exact) mass is 492 g/mol. The number of nitrogens with zero attached hydrogens (tertiary/aromatic N) is 1. The Balaban J connectivity index is 1.36. The molecule has 2 unspecified atom stereocenters. The first kappa shape index (κ1) is 21.9. The summed E-state index contributed by atoms with van der Waals surface area (Å²) in [5, 5.41) is 15.7. The lowest BCUT2D eigenvalue weighted by Crippen LogP contribution is -2.65. The number of hydrogen-bond acceptors (Lipinski definition) is 4. The highest BCUT2D eigenvalue weighted by Gasteiger charge is 2.62. The summed E-state index contributed by atoms with van der Waals surface area (Å²) >= 11 is 1.60. The van der Waals surface area contributed by atoms with Crippen molar-refractivity contribution in [2.24, 2.45) is 0 Å². The molecule has 2 aliphatic carbocycles. The van der Waals surface area contributed by atoms with Crippen LogP contribution < -0.4 is 10.7 Å². The van der Waals surface area contributed by atoms with E-state index in [2.05, 4.69) is 55.5 Å². The van der Waals surface area contributed by atoms with Crippen LogP contribution in [0.2, 0.25) is 0 Å². The van der Waals surface area contributed by atoms with Crippen molar-refractivity contribution in [2.45, 2.75) is 60.3 Å². The van der Waals surface area contributed by atoms with E-state index in [1.165, 1.54) is 21.9 Å². The number of carboxylic acid groups (broad SMARTS) is 1. The molecule has 0 N–H and O–H groups in total. The number of benzene rings is 3. The molecule has 3 aromatic carbocycles. The summed E-state index contributed by atoms with van der Waals surface area (Å²) in [7, 11) is 0. The number of aryl methyl sites for hydroxylation is 1. The molecule has 0 saturated heterocycles. The van der Waals surface area contributed by atoms with Crippen molar-refractivity contribution in [1.82, 2.24) is 4.57 Å². The zero-order valence-corrected chi connectivity index (χ0v) is 20.9. The van der Waals surface area contributed by atoms with Gasteiger partial charge in [-0.1, -0.05) is 72.3 Å². The van der Waals surface area contributed by atoms with E-state index in [0.29, 0.717) is 18.8 Å². The number of carbonyl (C=O) groups excluding carboxylic acids is 1. The van der Waals surface area contributed by atoms with Crippen molar-refractivity contribution in [1.29, 1.82) is 0 Å². The lowest BCUT2D eigenvalue weighted by Gasteiger charge is -2.51. The number of carboxylic acids is 1. The van der Waals surface area contributed by atoms with Crippen LogP contribution in [0.1, 0.15) is 58.9 Å². The van der Waals surface area contributed by atoms with E-state index in [4.69, 9.17) is 0 Å². The van der Waals surface area contributed by atoms with Gasteiger partial charge in [0.1, 0.15) is 5.54 Å². The number of fused-ring (bicyclic) bond motifs is 4. The Morgan fingerprint density at radius 1 is 1.03 bits per heavy atom. The minimum Gasteiger partial charge on any atom is -0.548 e. The van der Waals surface area contributed by atoms with E-state index < -0.39 is 11.5 Å². The number of thioether (sulfide) groups is 1. The first-order valence-corrected chi connectivity index (χ1v) is 13.6. The van der Waals surface area contributed by atoms with Crippen molar-refractivity contribution in [2.75, 3.05) is 0 Å². The van der Waals surface area contributed by atoms with Crippen molar-refractivity contribution in [3.05, 3.63) is 111 Å². The maximum absolute atomic E-state index is 13.6. The van der Waals surface area contributed by atoms with Gasteiger partial charge in [0.2, 0.25) is 0 Å². The van der Waals surface area contributed by atoms with Crippen LogP contribution in [0.15, 0.2) is 82.6 Å². The van der Waals surface area contributed by atoms with Gasteiger partial charge in [0.15, 0.2) is 0 Å². The predicted octanol–water partition coefficient (Wildman–Crippen LogP) is 4.89. The molecule has 0 amide bonds. The van der Waals surface area contributed by atoms with E-state index in [-0.39, 0.29) is 16.7 Å². The fourth-order valence-electron chi connectivity index (χ4n) is 6.48. The fourth-order valence-corrected chi connectivity index (χ4v) is 8.42. The van der Waals surface area contributed by atoms with Crippen LogP contribution in [0.5, 0.6) is 0 Å². The van der Waals surface area contributed by atoms with Crippen LogP contribution >= 0.6 is 11.8 Å². The van der Waals surface area contributed by atoms with Crippen molar-refractivity contribution < 1.29 is 9.90 Å². The molecule has 4 nitrogen and oxygen atoms in total. The highest BCUT2D eigenvalue weighted by molar-refractivity contribution is 8.00. The third kappa shape index (κ3) is 3.08. The maximum Gasteiger partial charge on any atom is 0.252 e. The molecular weight excluding hydrogens is 466 g/mol. The van der Waals surface area contributed by atoms with Gasteiger partial charge in [-0.25, -0.2) is 0 Å². The Labute approximate surface area is 214 Å². The van der Waals surface area contributed by atoms with Crippen LogP contribution in [-0.4, -0.2) is 15.8 Å². The molecule has 2 saturated carbocycles. The molecule has 2 heterocycles. The van der Waals surface area contributed by atoms with Crippen LogP contribution in [0.4, 0.5) is 0 Å². The maximum atomic E-state index is 13.6. The molecule has 0 radical (unpaired) electrons. The quantitative estimate of drug-likeness (QED) is 0.398. The Morgan fingerprint density at radius 2 is 1.81 bits per heavy atom. The van der Waals surface area contributed by atoms with Gasteiger partial charge in [-0.05, 0) is 71.6 Å². The lowest BCUT2D eigenvalue weighted by atomic mass is 9.64. The van der Waals surface area contributed by atoms with Gasteiger partial charge >= 0.3 is 0 Å². The van der Waals surface area contributed by atoms with Gasteiger partial charge < -0.3 is 9.90 Å². The average Bonchev–Trinajstić information content (AvgIpc) is 3.64. The molecule has 3 aliphatic rings. The molecule has 0 spiro atoms. The van der Waals surface area contributed by atoms with Crippen LogP contribution in [0.25, 0.3) is 10.8 Å². The zero-order chi connectivity index (χ0) is 24.6. The molecule has 36 heavy (non-hydrogen) atoms. The molecule has 5 heteroatoms. The van der Waals surface area contributed by atoms with E-state index in [1.807, 2.05) is 18.2 Å². The molecule has 3 atom stereocenters. The molecule has 4 aromatic rings. The Bertz CT molecular complexity index is 1610. The van der Waals surface area contributed by atoms with Crippen molar-refractivity contribution >= 4 is 28.5 Å². The second-order valence-electron chi connectivity index (χ2n) is 10.6. The molecule has 1 aliphatic heterocycles. The molecule has 0 bridgehead atoms. The van der Waals surface area contributed by atoms with Crippen LogP contribution in [-0.2, 0) is 16.8 Å². The highest BCUT2D eigenvalue weighted by atomic mass is 32.2. The Kier molecular flexibility index (Phi) is 4.78. The summed E-state index contributed by atoms with van der Waals surface area (Å²) in [5.74, 6) is -0.660. The third-order valence-electron chi connectivity index (χ3n) is 8.37. The number of hydrogen-bond donors (Lipinski definition) is 0. The van der Waals surface area contributed by atoms with Crippen molar-refractivity contribution in [3.63, 3.8) is 0 Å². The summed E-state index contributed by atoms with van der Waals surface area (Å²) < 4.78 is 1.60. The fraction of sp³-hybridized carbons (Fsp3) is 0.290. The van der Waals surface area contributed by atoms with Gasteiger partial charge in [-0.15, -0.1) is 11.8 Å². The predicted molar refractivity (Wildman–Crippen MR) is 141 cm³/mol. The van der Waals surface area contributed by atoms with Gasteiger partial charge in [0.05, 0.1) is 11.0 Å². The summed E-state index contributed by atoms with van der Waals surface area (Å²) in [6.45, 7) is 2.06. The first-order valence-electron chi connectivity index (χ1n) is 12.7. The number of aromatic nitrogens is 1. The third-order valence-corrected chi connectivity index (χ3v) is 9.97. The highest BCUT2D eigenvalue weighted by Crippen LogP contribution is 2.63. The largest absolute Gasteiger partial charge is 0.548 e. The molecule has 2 fully saturated rings. The molecule has 180 valence electrons. The van der Waals surface area contributed by atoms with E-state index >= 15 is 0 Å². The molecule has 1 aromatic heterocycles. The summed E-state index contributed by atoms with van der Waals surface area (Å²) in [6, 6.07) is 24.7. The Morgan fingerprint density at radius 3 is 2.58 bits per heavy atom. The second kappa shape index (κ2) is 7.84. The van der Waals surface area contributed by atoms with Gasteiger partial charge in [0.25, 0.3) is 5.56 Å². The number of aliphatic carboxylic acids is 1. The normalized spacial score (nSPS) is 24.2. The number of pyridine rings is 1.